The number of Topliss-reactive ketones (excluding diaryl/α,β-unsaturated/α-hetero) is 1. The van der Waals surface area contributed by atoms with Crippen molar-refractivity contribution in [2.45, 2.75) is 46.1 Å². The first-order valence-corrected chi connectivity index (χ1v) is 9.47. The molecule has 148 valence electrons. The third kappa shape index (κ3) is 6.87. The van der Waals surface area contributed by atoms with Gasteiger partial charge in [0.15, 0.2) is 5.78 Å². The van der Waals surface area contributed by atoms with E-state index in [1.54, 1.807) is 36.4 Å². The van der Waals surface area contributed by atoms with Gasteiger partial charge in [-0.15, -0.1) is 0 Å². The number of carbonyl (C=O) groups is 3. The molecule has 0 bridgehead atoms. The topological polar surface area (TPSA) is 87.3 Å². The lowest BCUT2D eigenvalue weighted by molar-refractivity contribution is -0.116. The highest BCUT2D eigenvalue weighted by Crippen LogP contribution is 2.15. The summed E-state index contributed by atoms with van der Waals surface area (Å²) in [5, 5.41) is 8.21. The van der Waals surface area contributed by atoms with Crippen LogP contribution in [0.15, 0.2) is 48.5 Å². The highest BCUT2D eigenvalue weighted by atomic mass is 16.2. The highest BCUT2D eigenvalue weighted by Gasteiger charge is 2.10. The Bertz CT molecular complexity index is 812. The fraction of sp³-hybridized carbons (Fsp3) is 0.318. The lowest BCUT2D eigenvalue weighted by atomic mass is 10.0. The number of amides is 3. The van der Waals surface area contributed by atoms with Gasteiger partial charge in [0.2, 0.25) is 5.91 Å². The van der Waals surface area contributed by atoms with E-state index in [1.807, 2.05) is 26.0 Å². The average molecular weight is 381 g/mol. The van der Waals surface area contributed by atoms with Gasteiger partial charge >= 0.3 is 6.03 Å². The Balaban J connectivity index is 1.80. The van der Waals surface area contributed by atoms with Crippen molar-refractivity contribution in [3.8, 4) is 0 Å². The standard InChI is InChI=1S/C22H27N3O3/c1-4-16-5-7-17(8-6-16)20(26)13-14-21(27)24-18-9-11-19(12-10-18)25-22(28)23-15(2)3/h5-12,15H,4,13-14H2,1-3H3,(H,24,27)(H2,23,25,28). The summed E-state index contributed by atoms with van der Waals surface area (Å²) < 4.78 is 0. The van der Waals surface area contributed by atoms with Crippen molar-refractivity contribution in [3.63, 3.8) is 0 Å². The van der Waals surface area contributed by atoms with Crippen molar-refractivity contribution < 1.29 is 14.4 Å². The van der Waals surface area contributed by atoms with Crippen molar-refractivity contribution in [1.82, 2.24) is 5.32 Å². The Morgan fingerprint density at radius 1 is 0.821 bits per heavy atom. The second kappa shape index (κ2) is 10.3. The van der Waals surface area contributed by atoms with Gasteiger partial charge in [-0.1, -0.05) is 31.2 Å². The third-order valence-electron chi connectivity index (χ3n) is 4.11. The van der Waals surface area contributed by atoms with Gasteiger partial charge in [-0.3, -0.25) is 9.59 Å². The molecule has 0 atom stereocenters. The molecule has 0 fully saturated rings. The van der Waals surface area contributed by atoms with Crippen LogP contribution in [0.5, 0.6) is 0 Å². The molecule has 0 spiro atoms. The summed E-state index contributed by atoms with van der Waals surface area (Å²) in [7, 11) is 0. The summed E-state index contributed by atoms with van der Waals surface area (Å²) in [4.78, 5) is 36.0. The predicted octanol–water partition coefficient (Wildman–Crippen LogP) is 4.38. The maximum absolute atomic E-state index is 12.2. The minimum absolute atomic E-state index is 0.0471. The van der Waals surface area contributed by atoms with Crippen LogP contribution in [0, 0.1) is 0 Å². The Morgan fingerprint density at radius 3 is 1.93 bits per heavy atom. The molecule has 0 aliphatic rings. The van der Waals surface area contributed by atoms with Crippen LogP contribution in [0.25, 0.3) is 0 Å². The van der Waals surface area contributed by atoms with Crippen LogP contribution >= 0.6 is 0 Å². The van der Waals surface area contributed by atoms with E-state index < -0.39 is 0 Å². The number of benzene rings is 2. The first kappa shape index (κ1) is 21.2. The molecule has 3 amide bonds. The van der Waals surface area contributed by atoms with Crippen molar-refractivity contribution >= 4 is 29.1 Å². The number of carbonyl (C=O) groups excluding carboxylic acids is 3. The van der Waals surface area contributed by atoms with Gasteiger partial charge < -0.3 is 16.0 Å². The number of ketones is 1. The molecule has 3 N–H and O–H groups in total. The maximum atomic E-state index is 12.2. The molecule has 28 heavy (non-hydrogen) atoms. The van der Waals surface area contributed by atoms with Gasteiger partial charge in [0.25, 0.3) is 0 Å². The van der Waals surface area contributed by atoms with Crippen molar-refractivity contribution in [1.29, 1.82) is 0 Å². The van der Waals surface area contributed by atoms with E-state index in [9.17, 15) is 14.4 Å². The first-order valence-electron chi connectivity index (χ1n) is 9.47. The molecule has 0 heterocycles. The summed E-state index contributed by atoms with van der Waals surface area (Å²) in [6.07, 6.45) is 1.20. The predicted molar refractivity (Wildman–Crippen MR) is 112 cm³/mol. The summed E-state index contributed by atoms with van der Waals surface area (Å²) in [6.45, 7) is 5.82. The van der Waals surface area contributed by atoms with Crippen LogP contribution in [0.2, 0.25) is 0 Å². The lowest BCUT2D eigenvalue weighted by Crippen LogP contribution is -2.34. The Kier molecular flexibility index (Phi) is 7.75. The number of rotatable bonds is 8. The van der Waals surface area contributed by atoms with E-state index in [2.05, 4.69) is 22.9 Å². The van der Waals surface area contributed by atoms with Gasteiger partial charge in [-0.05, 0) is 50.1 Å². The van der Waals surface area contributed by atoms with Crippen molar-refractivity contribution in [3.05, 3.63) is 59.7 Å². The quantitative estimate of drug-likeness (QED) is 0.593. The fourth-order valence-corrected chi connectivity index (χ4v) is 2.59. The number of anilines is 2. The second-order valence-electron chi connectivity index (χ2n) is 6.85. The van der Waals surface area contributed by atoms with Crippen LogP contribution in [0.1, 0.15) is 49.5 Å². The molecule has 0 unspecified atom stereocenters. The zero-order chi connectivity index (χ0) is 20.5. The van der Waals surface area contributed by atoms with Crippen LogP contribution in [0.4, 0.5) is 16.2 Å². The van der Waals surface area contributed by atoms with E-state index >= 15 is 0 Å². The van der Waals surface area contributed by atoms with Gasteiger partial charge in [-0.2, -0.15) is 0 Å². The van der Waals surface area contributed by atoms with Gasteiger partial charge in [-0.25, -0.2) is 4.79 Å². The molecule has 2 aromatic rings. The molecule has 6 heteroatoms. The largest absolute Gasteiger partial charge is 0.336 e. The summed E-state index contributed by atoms with van der Waals surface area (Å²) in [5.74, 6) is -0.273. The Labute approximate surface area is 165 Å². The Hall–Kier alpha value is -3.15. The Morgan fingerprint density at radius 2 is 1.39 bits per heavy atom. The number of aryl methyl sites for hydroxylation is 1. The fourth-order valence-electron chi connectivity index (χ4n) is 2.59. The lowest BCUT2D eigenvalue weighted by Gasteiger charge is -2.11. The average Bonchev–Trinajstić information content (AvgIpc) is 2.67. The molecular formula is C22H27N3O3. The molecular weight excluding hydrogens is 354 g/mol. The minimum atomic E-state index is -0.280. The second-order valence-corrected chi connectivity index (χ2v) is 6.85. The minimum Gasteiger partial charge on any atom is -0.336 e. The zero-order valence-corrected chi connectivity index (χ0v) is 16.5. The smallest absolute Gasteiger partial charge is 0.319 e. The molecule has 0 aliphatic heterocycles. The SMILES string of the molecule is CCc1ccc(C(=O)CCC(=O)Nc2ccc(NC(=O)NC(C)C)cc2)cc1. The van der Waals surface area contributed by atoms with Gasteiger partial charge in [0.05, 0.1) is 0 Å². The van der Waals surface area contributed by atoms with E-state index in [1.165, 1.54) is 5.56 Å². The normalized spacial score (nSPS) is 10.4. The maximum Gasteiger partial charge on any atom is 0.319 e. The van der Waals surface area contributed by atoms with Crippen LogP contribution in [-0.2, 0) is 11.2 Å². The van der Waals surface area contributed by atoms with Crippen molar-refractivity contribution in [2.75, 3.05) is 10.6 Å². The number of hydrogen-bond acceptors (Lipinski definition) is 3. The van der Waals surface area contributed by atoms with Crippen LogP contribution in [-0.4, -0.2) is 23.8 Å². The molecule has 0 saturated heterocycles. The molecule has 0 aromatic heterocycles. The van der Waals surface area contributed by atoms with E-state index in [4.69, 9.17) is 0 Å². The van der Waals surface area contributed by atoms with Crippen LogP contribution in [0.3, 0.4) is 0 Å². The van der Waals surface area contributed by atoms with Crippen molar-refractivity contribution in [2.24, 2.45) is 0 Å². The zero-order valence-electron chi connectivity index (χ0n) is 16.5. The molecule has 2 rings (SSSR count). The third-order valence-corrected chi connectivity index (χ3v) is 4.11. The molecule has 0 radical (unpaired) electrons. The monoisotopic (exact) mass is 381 g/mol. The van der Waals surface area contributed by atoms with Gasteiger partial charge in [0.1, 0.15) is 0 Å². The molecule has 2 aromatic carbocycles. The first-order chi connectivity index (χ1) is 13.4. The number of hydrogen-bond donors (Lipinski definition) is 3. The summed E-state index contributed by atoms with van der Waals surface area (Å²) in [5.41, 5.74) is 3.04. The number of urea groups is 1. The molecule has 0 saturated carbocycles. The van der Waals surface area contributed by atoms with Crippen LogP contribution < -0.4 is 16.0 Å². The van der Waals surface area contributed by atoms with E-state index in [0.717, 1.165) is 6.42 Å². The van der Waals surface area contributed by atoms with E-state index in [0.29, 0.717) is 16.9 Å². The molecule has 6 nitrogen and oxygen atoms in total. The van der Waals surface area contributed by atoms with Gasteiger partial charge in [0, 0.05) is 35.8 Å². The summed E-state index contributed by atoms with van der Waals surface area (Å²) >= 11 is 0. The highest BCUT2D eigenvalue weighted by molar-refractivity contribution is 6.00. The van der Waals surface area contributed by atoms with E-state index in [-0.39, 0.29) is 36.6 Å². The number of nitrogens with one attached hydrogen (secondary N) is 3. The summed E-state index contributed by atoms with van der Waals surface area (Å²) in [6, 6.07) is 14.1. The molecule has 0 aliphatic carbocycles.